The van der Waals surface area contributed by atoms with Gasteiger partial charge >= 0.3 is 0 Å². The Morgan fingerprint density at radius 1 is 1.11 bits per heavy atom. The zero-order valence-electron chi connectivity index (χ0n) is 16.3. The number of benzene rings is 1. The molecule has 0 bridgehead atoms. The van der Waals surface area contributed by atoms with E-state index in [0.717, 1.165) is 39.3 Å². The first-order valence-electron chi connectivity index (χ1n) is 9.00. The second kappa shape index (κ2) is 6.23. The molecule has 0 atom stereocenters. The number of anilines is 1. The van der Waals surface area contributed by atoms with E-state index in [1.807, 2.05) is 56.5 Å². The van der Waals surface area contributed by atoms with Gasteiger partial charge in [0.2, 0.25) is 0 Å². The standard InChI is InChI=1S/C21H22N6O/c1-10-5-6-14(16-7-8-24-26-16)12(3)18(10)27-19(22)17(20(23)28)15-9-11(2)13(4)25-21(15)27/h5-9H,22H2,1-4H3,(H2,23,28)(H,24,26). The van der Waals surface area contributed by atoms with Gasteiger partial charge in [-0.2, -0.15) is 5.10 Å². The van der Waals surface area contributed by atoms with Crippen LogP contribution in [0.15, 0.2) is 30.5 Å². The third-order valence-corrected chi connectivity index (χ3v) is 5.30. The van der Waals surface area contributed by atoms with Crippen LogP contribution in [0.2, 0.25) is 0 Å². The number of aromatic amines is 1. The number of aryl methyl sites for hydroxylation is 3. The molecule has 4 aromatic rings. The van der Waals surface area contributed by atoms with Crippen molar-refractivity contribution >= 4 is 22.8 Å². The molecule has 0 saturated carbocycles. The lowest BCUT2D eigenvalue weighted by atomic mass is 10.00. The molecule has 0 aliphatic rings. The monoisotopic (exact) mass is 374 g/mol. The van der Waals surface area contributed by atoms with Gasteiger partial charge in [-0.15, -0.1) is 0 Å². The molecule has 0 unspecified atom stereocenters. The second-order valence-electron chi connectivity index (χ2n) is 7.08. The first kappa shape index (κ1) is 17.8. The largest absolute Gasteiger partial charge is 0.384 e. The van der Waals surface area contributed by atoms with Crippen molar-refractivity contribution in [1.29, 1.82) is 0 Å². The number of nitrogens with zero attached hydrogens (tertiary/aromatic N) is 3. The van der Waals surface area contributed by atoms with E-state index < -0.39 is 5.91 Å². The van der Waals surface area contributed by atoms with Crippen LogP contribution in [0.3, 0.4) is 0 Å². The van der Waals surface area contributed by atoms with Crippen molar-refractivity contribution in [1.82, 2.24) is 19.7 Å². The highest BCUT2D eigenvalue weighted by atomic mass is 16.1. The molecule has 0 saturated heterocycles. The number of rotatable bonds is 3. The molecule has 0 aliphatic heterocycles. The van der Waals surface area contributed by atoms with E-state index in [1.165, 1.54) is 0 Å². The summed E-state index contributed by atoms with van der Waals surface area (Å²) in [5.74, 6) is -0.268. The Hall–Kier alpha value is -3.61. The first-order valence-corrected chi connectivity index (χ1v) is 9.00. The van der Waals surface area contributed by atoms with Gasteiger partial charge in [-0.25, -0.2) is 4.98 Å². The molecule has 7 heteroatoms. The minimum Gasteiger partial charge on any atom is -0.384 e. The Balaban J connectivity index is 2.14. The average molecular weight is 374 g/mol. The van der Waals surface area contributed by atoms with Crippen molar-refractivity contribution in [3.8, 4) is 16.9 Å². The maximum absolute atomic E-state index is 12.2. The molecule has 3 heterocycles. The van der Waals surface area contributed by atoms with E-state index in [-0.39, 0.29) is 0 Å². The number of H-pyrrole nitrogens is 1. The smallest absolute Gasteiger partial charge is 0.253 e. The molecule has 4 rings (SSSR count). The van der Waals surface area contributed by atoms with Crippen LogP contribution in [0.5, 0.6) is 0 Å². The lowest BCUT2D eigenvalue weighted by molar-refractivity contribution is 0.100. The van der Waals surface area contributed by atoms with Gasteiger partial charge in [-0.3, -0.25) is 14.5 Å². The number of pyridine rings is 1. The lowest BCUT2D eigenvalue weighted by Gasteiger charge is -2.17. The fourth-order valence-corrected chi connectivity index (χ4v) is 3.76. The summed E-state index contributed by atoms with van der Waals surface area (Å²) in [6.07, 6.45) is 1.78. The summed E-state index contributed by atoms with van der Waals surface area (Å²) in [6, 6.07) is 7.89. The third kappa shape index (κ3) is 2.47. The fraction of sp³-hybridized carbons (Fsp3) is 0.190. The maximum atomic E-state index is 12.2. The van der Waals surface area contributed by atoms with Gasteiger partial charge in [0.25, 0.3) is 5.91 Å². The normalized spacial score (nSPS) is 11.3. The van der Waals surface area contributed by atoms with Crippen molar-refractivity contribution in [2.75, 3.05) is 5.73 Å². The molecule has 7 nitrogen and oxygen atoms in total. The molecule has 3 aromatic heterocycles. The molecule has 142 valence electrons. The van der Waals surface area contributed by atoms with Gasteiger partial charge < -0.3 is 11.5 Å². The summed E-state index contributed by atoms with van der Waals surface area (Å²) >= 11 is 0. The summed E-state index contributed by atoms with van der Waals surface area (Å²) in [4.78, 5) is 16.9. The molecule has 0 radical (unpaired) electrons. The van der Waals surface area contributed by atoms with Crippen LogP contribution >= 0.6 is 0 Å². The molecule has 0 fully saturated rings. The van der Waals surface area contributed by atoms with Gasteiger partial charge in [0.15, 0.2) is 0 Å². The predicted molar refractivity (Wildman–Crippen MR) is 111 cm³/mol. The van der Waals surface area contributed by atoms with Crippen LogP contribution in [0.1, 0.15) is 32.7 Å². The predicted octanol–water partition coefficient (Wildman–Crippen LogP) is 3.33. The lowest BCUT2D eigenvalue weighted by Crippen LogP contribution is -2.14. The summed E-state index contributed by atoms with van der Waals surface area (Å²) in [5, 5.41) is 7.81. The van der Waals surface area contributed by atoms with E-state index in [2.05, 4.69) is 10.2 Å². The summed E-state index contributed by atoms with van der Waals surface area (Å²) in [5.41, 5.74) is 19.6. The van der Waals surface area contributed by atoms with Crippen LogP contribution in [0.4, 0.5) is 5.82 Å². The summed E-state index contributed by atoms with van der Waals surface area (Å²) in [6.45, 7) is 7.91. The van der Waals surface area contributed by atoms with Crippen molar-refractivity contribution in [3.05, 3.63) is 58.4 Å². The zero-order chi connectivity index (χ0) is 20.2. The van der Waals surface area contributed by atoms with E-state index in [4.69, 9.17) is 16.5 Å². The van der Waals surface area contributed by atoms with Gasteiger partial charge in [-0.1, -0.05) is 12.1 Å². The van der Waals surface area contributed by atoms with Crippen LogP contribution in [-0.4, -0.2) is 25.7 Å². The Morgan fingerprint density at radius 3 is 2.50 bits per heavy atom. The van der Waals surface area contributed by atoms with Crippen molar-refractivity contribution in [2.45, 2.75) is 27.7 Å². The van der Waals surface area contributed by atoms with Gasteiger partial charge in [-0.05, 0) is 56.5 Å². The van der Waals surface area contributed by atoms with Crippen molar-refractivity contribution < 1.29 is 4.79 Å². The molecule has 0 aliphatic carbocycles. The summed E-state index contributed by atoms with van der Waals surface area (Å²) in [7, 11) is 0. The number of nitrogens with one attached hydrogen (secondary N) is 1. The van der Waals surface area contributed by atoms with Gasteiger partial charge in [0.1, 0.15) is 11.5 Å². The van der Waals surface area contributed by atoms with Crippen molar-refractivity contribution in [3.63, 3.8) is 0 Å². The quantitative estimate of drug-likeness (QED) is 0.510. The summed E-state index contributed by atoms with van der Waals surface area (Å²) < 4.78 is 1.84. The molecule has 1 amide bonds. The molecule has 28 heavy (non-hydrogen) atoms. The Bertz CT molecular complexity index is 1230. The first-order chi connectivity index (χ1) is 13.3. The number of hydrogen-bond donors (Lipinski definition) is 3. The Labute approximate surface area is 162 Å². The molecule has 0 spiro atoms. The maximum Gasteiger partial charge on any atom is 0.253 e. The van der Waals surface area contributed by atoms with Crippen LogP contribution in [0.25, 0.3) is 28.0 Å². The van der Waals surface area contributed by atoms with E-state index >= 15 is 0 Å². The number of fused-ring (bicyclic) bond motifs is 1. The number of carbonyl (C=O) groups is 1. The minimum absolute atomic E-state index is 0.297. The highest BCUT2D eigenvalue weighted by molar-refractivity contribution is 6.11. The highest BCUT2D eigenvalue weighted by Crippen LogP contribution is 2.36. The zero-order valence-corrected chi connectivity index (χ0v) is 16.3. The molecule has 5 N–H and O–H groups in total. The van der Waals surface area contributed by atoms with E-state index in [9.17, 15) is 4.79 Å². The number of carbonyl (C=O) groups excluding carboxylic acids is 1. The van der Waals surface area contributed by atoms with Crippen LogP contribution in [0, 0.1) is 27.7 Å². The Morgan fingerprint density at radius 2 is 1.86 bits per heavy atom. The van der Waals surface area contributed by atoms with Gasteiger partial charge in [0, 0.05) is 22.8 Å². The second-order valence-corrected chi connectivity index (χ2v) is 7.08. The number of primary amides is 1. The number of amides is 1. The number of hydrogen-bond acceptors (Lipinski definition) is 4. The van der Waals surface area contributed by atoms with Crippen molar-refractivity contribution in [2.24, 2.45) is 5.73 Å². The Kier molecular flexibility index (Phi) is 3.96. The SMILES string of the molecule is Cc1cc2c(C(N)=O)c(N)n(-c3c(C)ccc(-c4cc[nH]n4)c3C)c2nc1C. The topological polar surface area (TPSA) is 116 Å². The molecule has 1 aromatic carbocycles. The molecular weight excluding hydrogens is 352 g/mol. The number of aromatic nitrogens is 4. The van der Waals surface area contributed by atoms with Crippen LogP contribution in [-0.2, 0) is 0 Å². The van der Waals surface area contributed by atoms with Gasteiger partial charge in [0.05, 0.1) is 16.9 Å². The average Bonchev–Trinajstić information content (AvgIpc) is 3.23. The van der Waals surface area contributed by atoms with E-state index in [0.29, 0.717) is 22.4 Å². The van der Waals surface area contributed by atoms with E-state index in [1.54, 1.807) is 6.20 Å². The minimum atomic E-state index is -0.565. The fourth-order valence-electron chi connectivity index (χ4n) is 3.76. The number of nitrogens with two attached hydrogens (primary N) is 2. The third-order valence-electron chi connectivity index (χ3n) is 5.30. The molecular formula is C21H22N6O. The van der Waals surface area contributed by atoms with Crippen LogP contribution < -0.4 is 11.5 Å². The highest BCUT2D eigenvalue weighted by Gasteiger charge is 2.24. The number of nitrogen functional groups attached to an aromatic ring is 1.